The molecule has 0 radical (unpaired) electrons. The van der Waals surface area contributed by atoms with Crippen LogP contribution in [0.3, 0.4) is 0 Å². The highest BCUT2D eigenvalue weighted by Crippen LogP contribution is 2.30. The first-order valence-electron chi connectivity index (χ1n) is 5.94. The number of hydrogen-bond acceptors (Lipinski definition) is 4. The molecule has 0 fully saturated rings. The third-order valence-electron chi connectivity index (χ3n) is 2.81. The zero-order valence-corrected chi connectivity index (χ0v) is 11.7. The van der Waals surface area contributed by atoms with Crippen molar-refractivity contribution in [2.24, 2.45) is 0 Å². The number of hydrogen-bond donors (Lipinski definition) is 2. The number of aliphatic hydroxyl groups is 1. The lowest BCUT2D eigenvalue weighted by Crippen LogP contribution is -2.01. The van der Waals surface area contributed by atoms with E-state index in [0.29, 0.717) is 5.82 Å². The maximum Gasteiger partial charge on any atom is 0.179 e. The summed E-state index contributed by atoms with van der Waals surface area (Å²) < 4.78 is 0.931. The summed E-state index contributed by atoms with van der Waals surface area (Å²) in [6, 6.07) is 5.73. The SMILES string of the molecule is CCCC[C@H](O)c1ccc(Br)cc1-c1nnn[nH]1. The predicted molar refractivity (Wildman–Crippen MR) is 71.8 cm³/mol. The molecule has 2 N–H and O–H groups in total. The minimum absolute atomic E-state index is 0.488. The van der Waals surface area contributed by atoms with Crippen molar-refractivity contribution in [1.29, 1.82) is 0 Å². The summed E-state index contributed by atoms with van der Waals surface area (Å²) in [7, 11) is 0. The van der Waals surface area contributed by atoms with E-state index in [2.05, 4.69) is 43.5 Å². The number of nitrogens with one attached hydrogen (secondary N) is 1. The maximum atomic E-state index is 10.2. The summed E-state index contributed by atoms with van der Waals surface area (Å²) >= 11 is 3.42. The second-order valence-electron chi connectivity index (χ2n) is 4.14. The molecule has 0 aliphatic carbocycles. The zero-order valence-electron chi connectivity index (χ0n) is 10.1. The quantitative estimate of drug-likeness (QED) is 0.890. The van der Waals surface area contributed by atoms with Gasteiger partial charge in [-0.25, -0.2) is 5.10 Å². The Hall–Kier alpha value is -1.27. The van der Waals surface area contributed by atoms with E-state index in [1.54, 1.807) is 0 Å². The van der Waals surface area contributed by atoms with Crippen LogP contribution in [0.4, 0.5) is 0 Å². The summed E-state index contributed by atoms with van der Waals surface area (Å²) in [5, 5.41) is 24.0. The fraction of sp³-hybridized carbons (Fsp3) is 0.417. The molecule has 5 nitrogen and oxygen atoms in total. The van der Waals surface area contributed by atoms with Crippen molar-refractivity contribution >= 4 is 15.9 Å². The van der Waals surface area contributed by atoms with Crippen LogP contribution in [0.1, 0.15) is 37.9 Å². The molecule has 0 amide bonds. The number of aromatic amines is 1. The van der Waals surface area contributed by atoms with Crippen LogP contribution in [0.25, 0.3) is 11.4 Å². The number of nitrogens with zero attached hydrogens (tertiary/aromatic N) is 3. The molecule has 0 spiro atoms. The maximum absolute atomic E-state index is 10.2. The molecule has 2 aromatic rings. The number of tetrazole rings is 1. The van der Waals surface area contributed by atoms with Crippen LogP contribution in [-0.4, -0.2) is 25.7 Å². The minimum Gasteiger partial charge on any atom is -0.388 e. The standard InChI is InChI=1S/C12H15BrN4O/c1-2-3-4-11(18)9-6-5-8(13)7-10(9)12-14-16-17-15-12/h5-7,11,18H,2-4H2,1H3,(H,14,15,16,17)/t11-/m0/s1. The van der Waals surface area contributed by atoms with E-state index in [9.17, 15) is 5.11 Å². The van der Waals surface area contributed by atoms with Crippen molar-refractivity contribution in [3.63, 3.8) is 0 Å². The van der Waals surface area contributed by atoms with Crippen LogP contribution in [-0.2, 0) is 0 Å². The molecule has 1 atom stereocenters. The van der Waals surface area contributed by atoms with Gasteiger partial charge in [0.15, 0.2) is 5.82 Å². The Morgan fingerprint density at radius 3 is 2.94 bits per heavy atom. The number of H-pyrrole nitrogens is 1. The van der Waals surface area contributed by atoms with Gasteiger partial charge in [-0.15, -0.1) is 5.10 Å². The molecule has 6 heteroatoms. The van der Waals surface area contributed by atoms with Crippen LogP contribution in [0.15, 0.2) is 22.7 Å². The van der Waals surface area contributed by atoms with Crippen LogP contribution in [0.5, 0.6) is 0 Å². The Morgan fingerprint density at radius 2 is 2.28 bits per heavy atom. The Bertz CT molecular complexity index is 501. The first kappa shape index (κ1) is 13.2. The van der Waals surface area contributed by atoms with E-state index in [1.807, 2.05) is 18.2 Å². The fourth-order valence-corrected chi connectivity index (χ4v) is 2.21. The largest absolute Gasteiger partial charge is 0.388 e. The molecule has 18 heavy (non-hydrogen) atoms. The molecular formula is C12H15BrN4O. The number of aliphatic hydroxyl groups excluding tert-OH is 1. The number of rotatable bonds is 5. The summed E-state index contributed by atoms with van der Waals surface area (Å²) in [6.07, 6.45) is 2.31. The summed E-state index contributed by atoms with van der Waals surface area (Å²) in [5.74, 6) is 0.571. The predicted octanol–water partition coefficient (Wildman–Crippen LogP) is 2.85. The molecule has 0 saturated carbocycles. The van der Waals surface area contributed by atoms with Gasteiger partial charge in [-0.2, -0.15) is 0 Å². The van der Waals surface area contributed by atoms with Crippen LogP contribution in [0.2, 0.25) is 0 Å². The summed E-state index contributed by atoms with van der Waals surface area (Å²) in [6.45, 7) is 2.11. The summed E-state index contributed by atoms with van der Waals surface area (Å²) in [5.41, 5.74) is 1.68. The molecular weight excluding hydrogens is 296 g/mol. The highest BCUT2D eigenvalue weighted by atomic mass is 79.9. The molecule has 1 heterocycles. The van der Waals surface area contributed by atoms with Gasteiger partial charge in [0.1, 0.15) is 0 Å². The average Bonchev–Trinajstić information content (AvgIpc) is 2.89. The van der Waals surface area contributed by atoms with E-state index >= 15 is 0 Å². The van der Waals surface area contributed by atoms with Crippen molar-refractivity contribution < 1.29 is 5.11 Å². The normalized spacial score (nSPS) is 12.6. The molecule has 0 unspecified atom stereocenters. The molecule has 0 aliphatic heterocycles. The number of unbranched alkanes of at least 4 members (excludes halogenated alkanes) is 1. The van der Waals surface area contributed by atoms with Crippen molar-refractivity contribution in [3.8, 4) is 11.4 Å². The van der Waals surface area contributed by atoms with Gasteiger partial charge in [-0.3, -0.25) is 0 Å². The van der Waals surface area contributed by atoms with Crippen LogP contribution < -0.4 is 0 Å². The van der Waals surface area contributed by atoms with Gasteiger partial charge >= 0.3 is 0 Å². The Balaban J connectivity index is 2.35. The first-order valence-corrected chi connectivity index (χ1v) is 6.73. The van der Waals surface area contributed by atoms with Crippen molar-refractivity contribution in [2.75, 3.05) is 0 Å². The Labute approximate surface area is 114 Å². The van der Waals surface area contributed by atoms with Gasteiger partial charge in [0.25, 0.3) is 0 Å². The lowest BCUT2D eigenvalue weighted by molar-refractivity contribution is 0.165. The fourth-order valence-electron chi connectivity index (χ4n) is 1.85. The molecule has 1 aromatic heterocycles. The second-order valence-corrected chi connectivity index (χ2v) is 5.06. The van der Waals surface area contributed by atoms with Gasteiger partial charge in [-0.05, 0) is 34.5 Å². The van der Waals surface area contributed by atoms with Gasteiger partial charge in [-0.1, -0.05) is 41.8 Å². The van der Waals surface area contributed by atoms with E-state index in [-0.39, 0.29) is 0 Å². The van der Waals surface area contributed by atoms with E-state index in [4.69, 9.17) is 0 Å². The number of benzene rings is 1. The molecule has 0 saturated heterocycles. The third kappa shape index (κ3) is 2.94. The van der Waals surface area contributed by atoms with E-state index in [0.717, 1.165) is 34.9 Å². The third-order valence-corrected chi connectivity index (χ3v) is 3.30. The second kappa shape index (κ2) is 6.06. The van der Waals surface area contributed by atoms with E-state index in [1.165, 1.54) is 0 Å². The topological polar surface area (TPSA) is 74.7 Å². The molecule has 0 bridgehead atoms. The summed E-state index contributed by atoms with van der Waals surface area (Å²) in [4.78, 5) is 0. The zero-order chi connectivity index (χ0) is 13.0. The highest BCUT2D eigenvalue weighted by Gasteiger charge is 2.15. The van der Waals surface area contributed by atoms with Gasteiger partial charge < -0.3 is 5.11 Å². The monoisotopic (exact) mass is 310 g/mol. The lowest BCUT2D eigenvalue weighted by atomic mass is 9.98. The number of aromatic nitrogens is 4. The van der Waals surface area contributed by atoms with Crippen molar-refractivity contribution in [3.05, 3.63) is 28.2 Å². The first-order chi connectivity index (χ1) is 8.72. The van der Waals surface area contributed by atoms with Gasteiger partial charge in [0, 0.05) is 10.0 Å². The Kier molecular flexibility index (Phi) is 4.43. The smallest absolute Gasteiger partial charge is 0.179 e. The lowest BCUT2D eigenvalue weighted by Gasteiger charge is -2.14. The van der Waals surface area contributed by atoms with Crippen LogP contribution >= 0.6 is 15.9 Å². The van der Waals surface area contributed by atoms with Crippen LogP contribution in [0, 0.1) is 0 Å². The highest BCUT2D eigenvalue weighted by molar-refractivity contribution is 9.10. The van der Waals surface area contributed by atoms with Gasteiger partial charge in [0.05, 0.1) is 6.10 Å². The van der Waals surface area contributed by atoms with Gasteiger partial charge in [0.2, 0.25) is 0 Å². The van der Waals surface area contributed by atoms with Crippen molar-refractivity contribution in [1.82, 2.24) is 20.6 Å². The van der Waals surface area contributed by atoms with Crippen molar-refractivity contribution in [2.45, 2.75) is 32.3 Å². The molecule has 0 aliphatic rings. The minimum atomic E-state index is -0.488. The van der Waals surface area contributed by atoms with E-state index < -0.39 is 6.10 Å². The molecule has 96 valence electrons. The Morgan fingerprint density at radius 1 is 1.44 bits per heavy atom. The number of halogens is 1. The molecule has 2 rings (SSSR count). The average molecular weight is 311 g/mol. The molecule has 1 aromatic carbocycles.